The van der Waals surface area contributed by atoms with E-state index in [-0.39, 0.29) is 5.91 Å². The second kappa shape index (κ2) is 5.83. The first kappa shape index (κ1) is 13.5. The van der Waals surface area contributed by atoms with Crippen LogP contribution in [0.4, 0.5) is 16.3 Å². The van der Waals surface area contributed by atoms with Gasteiger partial charge in [0.15, 0.2) is 0 Å². The number of nitrogens with one attached hydrogen (secondary N) is 2. The van der Waals surface area contributed by atoms with Crippen molar-refractivity contribution >= 4 is 23.4 Å². The minimum absolute atomic E-state index is 0.311. The van der Waals surface area contributed by atoms with E-state index in [1.165, 1.54) is 6.07 Å². The normalized spacial score (nSPS) is 9.85. The number of aryl methyl sites for hydroxylation is 1. The summed E-state index contributed by atoms with van der Waals surface area (Å²) in [7, 11) is 0. The van der Waals surface area contributed by atoms with E-state index in [1.54, 1.807) is 30.5 Å². The summed E-state index contributed by atoms with van der Waals surface area (Å²) in [5, 5.41) is 5.09. The molecule has 0 atom stereocenters. The lowest BCUT2D eigenvalue weighted by Gasteiger charge is -2.07. The van der Waals surface area contributed by atoms with E-state index >= 15 is 0 Å². The van der Waals surface area contributed by atoms with E-state index in [0.717, 1.165) is 5.56 Å². The van der Waals surface area contributed by atoms with Crippen LogP contribution in [0.1, 0.15) is 15.9 Å². The van der Waals surface area contributed by atoms with E-state index in [9.17, 15) is 9.59 Å². The number of primary amides is 1. The molecule has 0 saturated heterocycles. The molecule has 0 aliphatic carbocycles. The van der Waals surface area contributed by atoms with Gasteiger partial charge in [0, 0.05) is 17.4 Å². The van der Waals surface area contributed by atoms with Crippen LogP contribution >= 0.6 is 0 Å². The minimum atomic E-state index is -0.678. The number of aromatic nitrogens is 1. The van der Waals surface area contributed by atoms with Crippen molar-refractivity contribution in [3.8, 4) is 0 Å². The summed E-state index contributed by atoms with van der Waals surface area (Å²) < 4.78 is 0. The highest BCUT2D eigenvalue weighted by Crippen LogP contribution is 2.12. The van der Waals surface area contributed by atoms with Crippen LogP contribution in [0.2, 0.25) is 0 Å². The molecule has 0 unspecified atom stereocenters. The third kappa shape index (κ3) is 3.55. The Morgan fingerprint density at radius 3 is 2.60 bits per heavy atom. The fourth-order valence-corrected chi connectivity index (χ4v) is 1.61. The molecule has 0 bridgehead atoms. The van der Waals surface area contributed by atoms with Gasteiger partial charge in [-0.1, -0.05) is 12.1 Å². The molecular formula is C14H14N4O2. The fourth-order valence-electron chi connectivity index (χ4n) is 1.61. The van der Waals surface area contributed by atoms with Gasteiger partial charge >= 0.3 is 6.03 Å². The van der Waals surface area contributed by atoms with Crippen LogP contribution in [-0.2, 0) is 0 Å². The number of urea groups is 1. The van der Waals surface area contributed by atoms with Crippen molar-refractivity contribution in [1.29, 1.82) is 0 Å². The van der Waals surface area contributed by atoms with Gasteiger partial charge in [-0.3, -0.25) is 4.79 Å². The smallest absolute Gasteiger partial charge is 0.316 e. The van der Waals surface area contributed by atoms with Gasteiger partial charge in [-0.15, -0.1) is 0 Å². The maximum absolute atomic E-state index is 12.0. The molecule has 0 spiro atoms. The number of hydrogen-bond acceptors (Lipinski definition) is 3. The highest BCUT2D eigenvalue weighted by molar-refractivity contribution is 6.04. The van der Waals surface area contributed by atoms with Gasteiger partial charge in [-0.25, -0.2) is 9.78 Å². The van der Waals surface area contributed by atoms with E-state index in [4.69, 9.17) is 5.73 Å². The molecule has 1 aromatic carbocycles. The number of nitrogens with zero attached hydrogens (tertiary/aromatic N) is 1. The van der Waals surface area contributed by atoms with Crippen LogP contribution in [0.25, 0.3) is 0 Å². The second-order valence-corrected chi connectivity index (χ2v) is 4.24. The highest BCUT2D eigenvalue weighted by Gasteiger charge is 2.08. The molecule has 3 amide bonds. The first-order valence-electron chi connectivity index (χ1n) is 5.95. The lowest BCUT2D eigenvalue weighted by atomic mass is 10.2. The predicted molar refractivity (Wildman–Crippen MR) is 76.6 cm³/mol. The zero-order chi connectivity index (χ0) is 14.5. The second-order valence-electron chi connectivity index (χ2n) is 4.24. The van der Waals surface area contributed by atoms with E-state index in [2.05, 4.69) is 15.6 Å². The van der Waals surface area contributed by atoms with Crippen molar-refractivity contribution < 1.29 is 9.59 Å². The Bertz CT molecular complexity index is 638. The quantitative estimate of drug-likeness (QED) is 0.797. The summed E-state index contributed by atoms with van der Waals surface area (Å²) in [5.41, 5.74) is 6.90. The molecule has 2 aromatic rings. The van der Waals surface area contributed by atoms with Gasteiger partial charge in [0.2, 0.25) is 0 Å². The first-order chi connectivity index (χ1) is 9.54. The molecule has 0 fully saturated rings. The number of pyridine rings is 1. The molecule has 0 aliphatic heterocycles. The molecule has 6 nitrogen and oxygen atoms in total. The Morgan fingerprint density at radius 1 is 1.15 bits per heavy atom. The molecule has 2 rings (SSSR count). The average Bonchev–Trinajstić information content (AvgIpc) is 2.41. The molecule has 6 heteroatoms. The molecule has 20 heavy (non-hydrogen) atoms. The number of rotatable bonds is 3. The van der Waals surface area contributed by atoms with Crippen molar-refractivity contribution in [2.75, 3.05) is 10.6 Å². The van der Waals surface area contributed by atoms with Crippen molar-refractivity contribution in [2.24, 2.45) is 5.73 Å². The molecule has 0 aliphatic rings. The van der Waals surface area contributed by atoms with Crippen LogP contribution in [0.15, 0.2) is 42.6 Å². The van der Waals surface area contributed by atoms with Gasteiger partial charge in [0.05, 0.1) is 0 Å². The molecule has 4 N–H and O–H groups in total. The number of carbonyl (C=O) groups excluding carboxylic acids is 2. The number of benzene rings is 1. The van der Waals surface area contributed by atoms with Crippen molar-refractivity contribution in [3.63, 3.8) is 0 Å². The molecule has 0 saturated carbocycles. The van der Waals surface area contributed by atoms with Crippen molar-refractivity contribution in [3.05, 3.63) is 53.7 Å². The summed E-state index contributed by atoms with van der Waals surface area (Å²) in [6, 6.07) is 9.37. The van der Waals surface area contributed by atoms with Gasteiger partial charge < -0.3 is 16.4 Å². The van der Waals surface area contributed by atoms with Crippen LogP contribution in [-0.4, -0.2) is 16.9 Å². The summed E-state index contributed by atoms with van der Waals surface area (Å²) in [5.74, 6) is 0.156. The summed E-state index contributed by atoms with van der Waals surface area (Å²) in [4.78, 5) is 26.9. The minimum Gasteiger partial charge on any atom is -0.351 e. The fraction of sp³-hybridized carbons (Fsp3) is 0.0714. The van der Waals surface area contributed by atoms with Gasteiger partial charge in [0.25, 0.3) is 5.91 Å². The molecule has 0 radical (unpaired) electrons. The number of hydrogen-bond donors (Lipinski definition) is 3. The lowest BCUT2D eigenvalue weighted by molar-refractivity contribution is 0.102. The van der Waals surface area contributed by atoms with Crippen LogP contribution in [0, 0.1) is 6.92 Å². The van der Waals surface area contributed by atoms with Gasteiger partial charge in [0.1, 0.15) is 5.82 Å². The largest absolute Gasteiger partial charge is 0.351 e. The Labute approximate surface area is 116 Å². The van der Waals surface area contributed by atoms with Crippen molar-refractivity contribution in [2.45, 2.75) is 6.92 Å². The number of anilines is 2. The Kier molecular flexibility index (Phi) is 3.95. The predicted octanol–water partition coefficient (Wildman–Crippen LogP) is 2.13. The maximum Gasteiger partial charge on any atom is 0.316 e. The lowest BCUT2D eigenvalue weighted by Crippen LogP contribution is -2.20. The topological polar surface area (TPSA) is 97.1 Å². The van der Waals surface area contributed by atoms with E-state index < -0.39 is 6.03 Å². The summed E-state index contributed by atoms with van der Waals surface area (Å²) >= 11 is 0. The maximum atomic E-state index is 12.0. The van der Waals surface area contributed by atoms with Crippen LogP contribution in [0.5, 0.6) is 0 Å². The van der Waals surface area contributed by atoms with Crippen LogP contribution < -0.4 is 16.4 Å². The third-order valence-corrected chi connectivity index (χ3v) is 2.55. The Balaban J connectivity index is 2.12. The molecule has 1 heterocycles. The number of carbonyl (C=O) groups is 2. The number of nitrogens with two attached hydrogens (primary N) is 1. The molecular weight excluding hydrogens is 256 g/mol. The van der Waals surface area contributed by atoms with Crippen LogP contribution in [0.3, 0.4) is 0 Å². The van der Waals surface area contributed by atoms with Crippen molar-refractivity contribution in [1.82, 2.24) is 4.98 Å². The Hall–Kier alpha value is -2.89. The SMILES string of the molecule is Cc1ccc(NC(=O)c2cccc(NC(N)=O)c2)nc1. The van der Waals surface area contributed by atoms with E-state index in [0.29, 0.717) is 17.1 Å². The monoisotopic (exact) mass is 270 g/mol. The van der Waals surface area contributed by atoms with E-state index in [1.807, 2.05) is 13.0 Å². The third-order valence-electron chi connectivity index (χ3n) is 2.55. The standard InChI is InChI=1S/C14H14N4O2/c1-9-5-6-12(16-8-9)18-13(19)10-3-2-4-11(7-10)17-14(15)20/h2-8H,1H3,(H3,15,17,20)(H,16,18,19). The average molecular weight is 270 g/mol. The Morgan fingerprint density at radius 2 is 1.95 bits per heavy atom. The molecule has 1 aromatic heterocycles. The zero-order valence-corrected chi connectivity index (χ0v) is 10.9. The van der Waals surface area contributed by atoms with Gasteiger partial charge in [-0.2, -0.15) is 0 Å². The summed E-state index contributed by atoms with van der Waals surface area (Å²) in [6.45, 7) is 1.91. The molecule has 102 valence electrons. The van der Waals surface area contributed by atoms with Gasteiger partial charge in [-0.05, 0) is 36.8 Å². The number of amides is 3. The highest BCUT2D eigenvalue weighted by atomic mass is 16.2. The first-order valence-corrected chi connectivity index (χ1v) is 5.95. The summed E-state index contributed by atoms with van der Waals surface area (Å²) in [6.07, 6.45) is 1.67. The zero-order valence-electron chi connectivity index (χ0n) is 10.9.